The van der Waals surface area contributed by atoms with Crippen LogP contribution in [-0.2, 0) is 11.0 Å². The molecule has 136 heavy (non-hydrogen) atoms. The van der Waals surface area contributed by atoms with Crippen LogP contribution in [0.15, 0.2) is 24.5 Å². The second kappa shape index (κ2) is 43.2. The number of piperidine rings is 9. The molecule has 1 aromatic rings. The van der Waals surface area contributed by atoms with E-state index in [0.717, 1.165) is 132 Å². The summed E-state index contributed by atoms with van der Waals surface area (Å²) in [4.78, 5) is 0. The molecule has 0 amide bonds. The molecule has 1 aromatic heterocycles. The maximum Gasteiger partial charge on any atom is 0.169 e. The molecule has 3 saturated carbocycles. The Bertz CT molecular complexity index is 3560. The van der Waals surface area contributed by atoms with Crippen LogP contribution in [-0.4, -0.2) is 233 Å². The third-order valence-electron chi connectivity index (χ3n) is 43.7. The zero-order chi connectivity index (χ0) is 106. The molecule has 10 unspecified atom stereocenters. The number of rotatable bonds is 3. The molecule has 8 bridgehead atoms. The van der Waals surface area contributed by atoms with Crippen LogP contribution in [0.1, 0.15) is 474 Å². The first-order valence-electron chi connectivity index (χ1n) is 57.8. The lowest BCUT2D eigenvalue weighted by atomic mass is 9.56. The van der Waals surface area contributed by atoms with E-state index in [2.05, 4.69) is 432 Å². The third-order valence-corrected chi connectivity index (χ3v) is 43.7. The summed E-state index contributed by atoms with van der Waals surface area (Å²) < 4.78 is 11.2. The number of likely N-dealkylation sites (tertiary alicyclic amines) is 4. The van der Waals surface area contributed by atoms with Gasteiger partial charge in [0, 0.05) is 140 Å². The Hall–Kier alpha value is -1.21. The van der Waals surface area contributed by atoms with E-state index in [-0.39, 0.29) is 21.1 Å². The number of hydrogen-bond donors (Lipinski definition) is 0. The third kappa shape index (κ3) is 30.1. The molecule has 802 valence electrons. The van der Waals surface area contributed by atoms with Crippen LogP contribution in [0.4, 0.5) is 0 Å². The smallest absolute Gasteiger partial charge is 0.169 e. The van der Waals surface area contributed by atoms with E-state index in [1.165, 1.54) is 201 Å². The van der Waals surface area contributed by atoms with Crippen molar-refractivity contribution in [3.8, 4) is 0 Å². The summed E-state index contributed by atoms with van der Waals surface area (Å²) in [7, 11) is 17.0. The Labute approximate surface area is 856 Å². The normalized spacial score (nSPS) is 35.8. The topological polar surface area (TPSA) is 26.9 Å². The molecule has 10 atom stereocenters. The summed E-state index contributed by atoms with van der Waals surface area (Å²) in [5.74, 6) is 10.5. The van der Waals surface area contributed by atoms with E-state index in [4.69, 9.17) is 0 Å². The van der Waals surface area contributed by atoms with E-state index < -0.39 is 0 Å². The molecule has 0 N–H and O–H groups in total. The number of hydrogen-bond acceptors (Lipinski definition) is 1. The minimum Gasteiger partial charge on any atom is -0.632 e. The molecule has 0 radical (unpaired) electrons. The van der Waals surface area contributed by atoms with Gasteiger partial charge in [0.15, 0.2) is 17.9 Å². The van der Waals surface area contributed by atoms with Gasteiger partial charge in [0.1, 0.15) is 0 Å². The molecular formula is C126H255N9O+8. The number of hydroxylamine groups is 3. The Morgan fingerprint density at radius 1 is 0.338 bits per heavy atom. The van der Waals surface area contributed by atoms with Crippen molar-refractivity contribution in [1.82, 2.24) is 0 Å². The lowest BCUT2D eigenvalue weighted by Crippen LogP contribution is -2.70. The van der Waals surface area contributed by atoms with Crippen molar-refractivity contribution in [2.45, 2.75) is 549 Å². The van der Waals surface area contributed by atoms with Crippen molar-refractivity contribution >= 4 is 0 Å². The molecule has 12 heterocycles. The summed E-state index contributed by atoms with van der Waals surface area (Å²) in [6, 6.07) is 9.60. The zero-order valence-electron chi connectivity index (χ0n) is 104. The summed E-state index contributed by atoms with van der Waals surface area (Å²) in [5, 5.41) is 12.6. The number of nitrogens with zero attached hydrogens (tertiary/aromatic N) is 9. The van der Waals surface area contributed by atoms with E-state index in [9.17, 15) is 5.21 Å². The van der Waals surface area contributed by atoms with Crippen molar-refractivity contribution in [3.05, 3.63) is 35.3 Å². The standard InChI is InChI=1S/C16H32N.4C15H30N.C14H30N.C13H27NO.C13H22N.C10H24N/c1-15(2,3)12-10-13-8-9-14(11-12)17(13,7)16(4,5)6;1-11(2)16(6)9-12-7-14(15(3,4)5)8-13(12)10-16;1-13(2,3)15-7-10-16(11-8-15,12-9-15)14(4,5)6;1-11(2)16(6)10-12-7-8-13(16)9-14(12)15(3,4)5;1-11(2)16(6)9-12-7-8-13(10-16)14(12)15(3,4)5;1-13(2,3)12-8-10-15(7,11-9-12)14(4,5)6;1-12(2,3)11-7-9-14(15,10-8-11)13(4,5)6;1-12(2,3)11-7-9-14(10-8-11)13(4,5)6;1-9(2,3)11(7,8)10(4,5)6/h12-14H,8-11H2,1-7H3;11-14H,7-10H2,1-6H3;7-12H2,1-6H3;2*11-14H,7-10H2,1-6H3;12H,8-11H2,1-7H3;11H,7-10H2,1-6H3;7-10H,1-6H3;1-8H3/q6*+1;;2*+1. The highest BCUT2D eigenvalue weighted by molar-refractivity contribution is 5.17. The number of aromatic nitrogens is 1. The zero-order valence-corrected chi connectivity index (χ0v) is 104. The first-order valence-corrected chi connectivity index (χ1v) is 57.8. The van der Waals surface area contributed by atoms with Crippen molar-refractivity contribution in [1.29, 1.82) is 0 Å². The molecule has 14 aliphatic rings. The van der Waals surface area contributed by atoms with Gasteiger partial charge in [-0.05, 0) is 295 Å². The summed E-state index contributed by atoms with van der Waals surface area (Å²) in [5.41, 5.74) is 7.66. The summed E-state index contributed by atoms with van der Waals surface area (Å²) in [6.45, 7) is 136. The fourth-order valence-electron chi connectivity index (χ4n) is 29.0. The van der Waals surface area contributed by atoms with Crippen LogP contribution in [0.5, 0.6) is 0 Å². The van der Waals surface area contributed by atoms with Crippen LogP contribution in [0, 0.1) is 114 Å². The molecule has 0 aromatic carbocycles. The molecule has 3 aliphatic carbocycles. The summed E-state index contributed by atoms with van der Waals surface area (Å²) >= 11 is 0. The monoisotopic (exact) mass is 1910 g/mol. The Kier molecular flexibility index (Phi) is 39.8. The average Bonchev–Trinajstić information content (AvgIpc) is 1.50. The van der Waals surface area contributed by atoms with Crippen molar-refractivity contribution in [2.24, 2.45) is 108 Å². The molecule has 14 fully saturated rings. The number of quaternary nitrogens is 8. The van der Waals surface area contributed by atoms with Gasteiger partial charge in [-0.1, -0.05) is 166 Å². The highest BCUT2D eigenvalue weighted by atomic mass is 16.6. The predicted molar refractivity (Wildman–Crippen MR) is 601 cm³/mol. The molecule has 15 rings (SSSR count). The molecule has 10 heteroatoms. The number of fused-ring (bicyclic) bond motifs is 11. The van der Waals surface area contributed by atoms with Gasteiger partial charge in [-0.15, -0.1) is 0 Å². The van der Waals surface area contributed by atoms with Crippen LogP contribution in [0.2, 0.25) is 0 Å². The van der Waals surface area contributed by atoms with Gasteiger partial charge in [0.25, 0.3) is 0 Å². The second-order valence-corrected chi connectivity index (χ2v) is 67.3. The van der Waals surface area contributed by atoms with E-state index >= 15 is 0 Å². The highest BCUT2D eigenvalue weighted by Gasteiger charge is 2.62. The Morgan fingerprint density at radius 3 is 0.934 bits per heavy atom. The van der Waals surface area contributed by atoms with Crippen LogP contribution < -0.4 is 4.57 Å². The lowest BCUT2D eigenvalue weighted by molar-refractivity contribution is -0.990. The van der Waals surface area contributed by atoms with Crippen LogP contribution >= 0.6 is 0 Å². The van der Waals surface area contributed by atoms with E-state index in [1.54, 1.807) is 0 Å². The lowest BCUT2D eigenvalue weighted by Gasteiger charge is -2.63. The van der Waals surface area contributed by atoms with Gasteiger partial charge in [0.2, 0.25) is 0 Å². The van der Waals surface area contributed by atoms with Crippen molar-refractivity contribution in [3.63, 3.8) is 0 Å². The fourth-order valence-corrected chi connectivity index (χ4v) is 29.0. The van der Waals surface area contributed by atoms with Gasteiger partial charge in [-0.3, -0.25) is 0 Å². The second-order valence-electron chi connectivity index (χ2n) is 67.3. The Morgan fingerprint density at radius 2 is 0.676 bits per heavy atom. The van der Waals surface area contributed by atoms with Gasteiger partial charge in [-0.25, -0.2) is 4.57 Å². The molecule has 11 saturated heterocycles. The van der Waals surface area contributed by atoms with Gasteiger partial charge >= 0.3 is 0 Å². The predicted octanol–water partition coefficient (Wildman–Crippen LogP) is 31.8. The maximum atomic E-state index is 12.6. The Balaban J connectivity index is 0.000000271. The highest BCUT2D eigenvalue weighted by Crippen LogP contribution is 2.59. The maximum absolute atomic E-state index is 12.6. The minimum atomic E-state index is -0.150. The minimum absolute atomic E-state index is 0.000417. The first-order chi connectivity index (χ1) is 60.2. The quantitative estimate of drug-likeness (QED) is 0.168. The van der Waals surface area contributed by atoms with Gasteiger partial charge in [0.05, 0.1) is 197 Å². The molecule has 0 spiro atoms. The van der Waals surface area contributed by atoms with E-state index in [1.807, 2.05) is 0 Å². The summed E-state index contributed by atoms with van der Waals surface area (Å²) in [6.07, 6.45) is 29.9. The fraction of sp³-hybridized carbons (Fsp3) is 0.960. The first kappa shape index (κ1) is 125. The SMILES string of the molecule is CC(C)(C)C12CC[N+](C(C)(C)C)(CC1)CC2.CC(C)(C)C1CC2CCC(C1)[N+]2(C)C(C)(C)C.CC(C)(C)C1CC[N+](C)(C(C)(C)C)CC1.CC(C)(C)C1CC[N+]([O-])(C(C)(C)C)CC1.CC(C)(C)[N+](C)(C)C(C)(C)C.CC(C)(C)c1cc[n+](C(C)(C)C)cc1.CC(C)[N+]1(C)CC2CC(C(C)(C)C)CC2C1.CC(C)[N+]1(C)CC2CCC(C1)C2C(C)(C)C.CC(C)[N+]1(C)CC2CCC1CC2C(C)(C)C. The van der Waals surface area contributed by atoms with Gasteiger partial charge in [-0.2, -0.15) is 0 Å². The number of pyridine rings is 1. The van der Waals surface area contributed by atoms with Gasteiger partial charge < -0.3 is 41.2 Å². The van der Waals surface area contributed by atoms with Crippen molar-refractivity contribution < 1.29 is 40.6 Å². The van der Waals surface area contributed by atoms with Crippen LogP contribution in [0.3, 0.4) is 0 Å². The van der Waals surface area contributed by atoms with E-state index in [0.29, 0.717) is 71.0 Å². The molecule has 11 aliphatic heterocycles. The average molecular weight is 1910 g/mol. The van der Waals surface area contributed by atoms with Crippen molar-refractivity contribution in [2.75, 3.05) is 128 Å². The largest absolute Gasteiger partial charge is 0.632 e. The molecular weight excluding hydrogens is 1660 g/mol. The molecule has 10 nitrogen and oxygen atoms in total. The van der Waals surface area contributed by atoms with Crippen LogP contribution in [0.25, 0.3) is 0 Å².